The van der Waals surface area contributed by atoms with Crippen LogP contribution in [0.3, 0.4) is 0 Å². The SMILES string of the molecule is CC(C)CCN(Cc1ccc(OS(C)(=O)=O)cc1)C(=O)c1ccco1. The minimum atomic E-state index is -3.55. The van der Waals surface area contributed by atoms with Gasteiger partial charge in [0.05, 0.1) is 12.5 Å². The maximum atomic E-state index is 12.6. The molecule has 0 aliphatic heterocycles. The number of amides is 1. The lowest BCUT2D eigenvalue weighted by atomic mass is 10.1. The number of nitrogens with zero attached hydrogens (tertiary/aromatic N) is 1. The van der Waals surface area contributed by atoms with Gasteiger partial charge in [0.2, 0.25) is 0 Å². The second kappa shape index (κ2) is 8.20. The van der Waals surface area contributed by atoms with Crippen molar-refractivity contribution in [1.82, 2.24) is 4.90 Å². The standard InChI is InChI=1S/C18H23NO5S/c1-14(2)10-11-19(18(20)17-5-4-12-23-17)13-15-6-8-16(9-7-15)24-25(3,21)22/h4-9,12,14H,10-11,13H2,1-3H3. The summed E-state index contributed by atoms with van der Waals surface area (Å²) in [5, 5.41) is 0. The average Bonchev–Trinajstić information content (AvgIpc) is 3.05. The van der Waals surface area contributed by atoms with Crippen molar-refractivity contribution < 1.29 is 21.8 Å². The molecule has 1 aromatic carbocycles. The zero-order valence-corrected chi connectivity index (χ0v) is 15.5. The molecule has 7 heteroatoms. The first-order chi connectivity index (χ1) is 11.7. The number of benzene rings is 1. The molecule has 1 amide bonds. The highest BCUT2D eigenvalue weighted by molar-refractivity contribution is 7.86. The van der Waals surface area contributed by atoms with E-state index in [9.17, 15) is 13.2 Å². The normalized spacial score (nSPS) is 11.5. The highest BCUT2D eigenvalue weighted by atomic mass is 32.2. The molecule has 6 nitrogen and oxygen atoms in total. The van der Waals surface area contributed by atoms with Crippen molar-refractivity contribution in [3.63, 3.8) is 0 Å². The largest absolute Gasteiger partial charge is 0.459 e. The number of rotatable bonds is 8. The Morgan fingerprint density at radius 2 is 1.88 bits per heavy atom. The van der Waals surface area contributed by atoms with E-state index in [0.717, 1.165) is 18.2 Å². The number of carbonyl (C=O) groups is 1. The molecule has 0 N–H and O–H groups in total. The molecular formula is C18H23NO5S. The van der Waals surface area contributed by atoms with Crippen LogP contribution in [-0.4, -0.2) is 32.0 Å². The van der Waals surface area contributed by atoms with Crippen molar-refractivity contribution in [3.8, 4) is 5.75 Å². The lowest BCUT2D eigenvalue weighted by Gasteiger charge is -2.23. The second-order valence-electron chi connectivity index (χ2n) is 6.32. The van der Waals surface area contributed by atoms with Crippen LogP contribution in [0.25, 0.3) is 0 Å². The zero-order chi connectivity index (χ0) is 18.4. The summed E-state index contributed by atoms with van der Waals surface area (Å²) < 4.78 is 32.3. The fourth-order valence-corrected chi connectivity index (χ4v) is 2.73. The molecule has 0 aliphatic rings. The molecule has 136 valence electrons. The minimum absolute atomic E-state index is 0.165. The van der Waals surface area contributed by atoms with Gasteiger partial charge in [0, 0.05) is 13.1 Å². The summed E-state index contributed by atoms with van der Waals surface area (Å²) in [6.45, 7) is 5.23. The highest BCUT2D eigenvalue weighted by Crippen LogP contribution is 2.17. The van der Waals surface area contributed by atoms with Crippen LogP contribution >= 0.6 is 0 Å². The molecule has 1 heterocycles. The molecule has 0 atom stereocenters. The van der Waals surface area contributed by atoms with Crippen LogP contribution in [0.2, 0.25) is 0 Å². The third kappa shape index (κ3) is 6.26. The molecule has 2 rings (SSSR count). The predicted octanol–water partition coefficient (Wildman–Crippen LogP) is 3.31. The highest BCUT2D eigenvalue weighted by Gasteiger charge is 2.19. The van der Waals surface area contributed by atoms with Gasteiger partial charge < -0.3 is 13.5 Å². The Hall–Kier alpha value is -2.28. The van der Waals surface area contributed by atoms with Gasteiger partial charge >= 0.3 is 10.1 Å². The van der Waals surface area contributed by atoms with Gasteiger partial charge in [0.15, 0.2) is 5.76 Å². The van der Waals surface area contributed by atoms with Crippen molar-refractivity contribution in [2.75, 3.05) is 12.8 Å². The van der Waals surface area contributed by atoms with E-state index in [0.29, 0.717) is 24.8 Å². The van der Waals surface area contributed by atoms with Crippen LogP contribution in [-0.2, 0) is 16.7 Å². The van der Waals surface area contributed by atoms with Crippen LogP contribution in [0.15, 0.2) is 47.1 Å². The summed E-state index contributed by atoms with van der Waals surface area (Å²) in [7, 11) is -3.55. The van der Waals surface area contributed by atoms with Gasteiger partial charge in [-0.15, -0.1) is 0 Å². The third-order valence-electron chi connectivity index (χ3n) is 3.54. The third-order valence-corrected chi connectivity index (χ3v) is 4.04. The average molecular weight is 365 g/mol. The lowest BCUT2D eigenvalue weighted by molar-refractivity contribution is 0.0703. The van der Waals surface area contributed by atoms with Crippen molar-refractivity contribution in [2.45, 2.75) is 26.8 Å². The Labute approximate surface area is 148 Å². The monoisotopic (exact) mass is 365 g/mol. The molecule has 0 spiro atoms. The van der Waals surface area contributed by atoms with Gasteiger partial charge in [-0.3, -0.25) is 4.79 Å². The molecule has 0 aliphatic carbocycles. The molecule has 1 aromatic heterocycles. The Balaban J connectivity index is 2.11. The Morgan fingerprint density at radius 3 is 2.40 bits per heavy atom. The summed E-state index contributed by atoms with van der Waals surface area (Å²) in [5.41, 5.74) is 0.879. The maximum Gasteiger partial charge on any atom is 0.306 e. The van der Waals surface area contributed by atoms with Crippen molar-refractivity contribution in [2.24, 2.45) is 5.92 Å². The molecule has 0 bridgehead atoms. The van der Waals surface area contributed by atoms with Crippen molar-refractivity contribution >= 4 is 16.0 Å². The van der Waals surface area contributed by atoms with Crippen LogP contribution < -0.4 is 4.18 Å². The zero-order valence-electron chi connectivity index (χ0n) is 14.6. The second-order valence-corrected chi connectivity index (χ2v) is 7.89. The Kier molecular flexibility index (Phi) is 6.25. The molecule has 0 saturated carbocycles. The van der Waals surface area contributed by atoms with Gasteiger partial charge in [-0.2, -0.15) is 8.42 Å². The van der Waals surface area contributed by atoms with Crippen LogP contribution in [0.1, 0.15) is 36.4 Å². The molecule has 0 saturated heterocycles. The van der Waals surface area contributed by atoms with Gasteiger partial charge in [-0.05, 0) is 42.2 Å². The van der Waals surface area contributed by atoms with E-state index >= 15 is 0 Å². The lowest BCUT2D eigenvalue weighted by Crippen LogP contribution is -2.32. The minimum Gasteiger partial charge on any atom is -0.459 e. The maximum absolute atomic E-state index is 12.6. The predicted molar refractivity (Wildman–Crippen MR) is 94.8 cm³/mol. The molecule has 2 aromatic rings. The van der Waals surface area contributed by atoms with E-state index in [4.69, 9.17) is 8.60 Å². The Bertz CT molecular complexity index is 779. The summed E-state index contributed by atoms with van der Waals surface area (Å²) in [5.74, 6) is 0.859. The first-order valence-corrected chi connectivity index (χ1v) is 9.87. The van der Waals surface area contributed by atoms with E-state index in [1.807, 2.05) is 0 Å². The topological polar surface area (TPSA) is 76.8 Å². The van der Waals surface area contributed by atoms with E-state index in [1.54, 1.807) is 41.3 Å². The fourth-order valence-electron chi connectivity index (χ4n) is 2.27. The molecule has 0 radical (unpaired) electrons. The van der Waals surface area contributed by atoms with Crippen LogP contribution in [0, 0.1) is 5.92 Å². The van der Waals surface area contributed by atoms with Gasteiger partial charge in [0.25, 0.3) is 5.91 Å². The van der Waals surface area contributed by atoms with Crippen molar-refractivity contribution in [3.05, 3.63) is 54.0 Å². The number of hydrogen-bond donors (Lipinski definition) is 0. The van der Waals surface area contributed by atoms with Gasteiger partial charge in [0.1, 0.15) is 5.75 Å². The molecule has 0 unspecified atom stereocenters. The van der Waals surface area contributed by atoms with Crippen LogP contribution in [0.5, 0.6) is 5.75 Å². The fraction of sp³-hybridized carbons (Fsp3) is 0.389. The molecule has 0 fully saturated rings. The first kappa shape index (κ1) is 19.1. The number of hydrogen-bond acceptors (Lipinski definition) is 5. The van der Waals surface area contributed by atoms with Gasteiger partial charge in [-0.1, -0.05) is 26.0 Å². The Morgan fingerprint density at radius 1 is 1.20 bits per heavy atom. The van der Waals surface area contributed by atoms with E-state index < -0.39 is 10.1 Å². The number of furan rings is 1. The molecule has 25 heavy (non-hydrogen) atoms. The van der Waals surface area contributed by atoms with Crippen LogP contribution in [0.4, 0.5) is 0 Å². The van der Waals surface area contributed by atoms with E-state index in [-0.39, 0.29) is 11.7 Å². The van der Waals surface area contributed by atoms with E-state index in [1.165, 1.54) is 6.26 Å². The quantitative estimate of drug-likeness (QED) is 0.671. The summed E-state index contributed by atoms with van der Waals surface area (Å²) >= 11 is 0. The summed E-state index contributed by atoms with van der Waals surface area (Å²) in [6, 6.07) is 9.98. The van der Waals surface area contributed by atoms with Crippen molar-refractivity contribution in [1.29, 1.82) is 0 Å². The summed E-state index contributed by atoms with van der Waals surface area (Å²) in [6.07, 6.45) is 3.35. The number of carbonyl (C=O) groups excluding carboxylic acids is 1. The van der Waals surface area contributed by atoms with E-state index in [2.05, 4.69) is 13.8 Å². The first-order valence-electron chi connectivity index (χ1n) is 8.06. The summed E-state index contributed by atoms with van der Waals surface area (Å²) in [4.78, 5) is 14.3. The molecular weight excluding hydrogens is 342 g/mol. The smallest absolute Gasteiger partial charge is 0.306 e. The van der Waals surface area contributed by atoms with Gasteiger partial charge in [-0.25, -0.2) is 0 Å².